The highest BCUT2D eigenvalue weighted by Crippen LogP contribution is 2.03. The van der Waals surface area contributed by atoms with Gasteiger partial charge in [0, 0.05) is 5.69 Å². The summed E-state index contributed by atoms with van der Waals surface area (Å²) >= 11 is 0. The van der Waals surface area contributed by atoms with E-state index in [0.29, 0.717) is 5.69 Å². The van der Waals surface area contributed by atoms with E-state index in [1.54, 1.807) is 24.3 Å². The van der Waals surface area contributed by atoms with Gasteiger partial charge in [0.1, 0.15) is 0 Å². The minimum absolute atomic E-state index is 0.593. The lowest BCUT2D eigenvalue weighted by Crippen LogP contribution is -2.06. The van der Waals surface area contributed by atoms with Crippen LogP contribution in [-0.2, 0) is 0 Å². The van der Waals surface area contributed by atoms with Crippen LogP contribution in [0.1, 0.15) is 46.0 Å². The second-order valence-electron chi connectivity index (χ2n) is 3.86. The predicted molar refractivity (Wildman–Crippen MR) is 72.5 cm³/mol. The van der Waals surface area contributed by atoms with Gasteiger partial charge in [0.05, 0.1) is 0 Å². The van der Waals surface area contributed by atoms with Crippen LogP contribution in [0, 0.1) is 0 Å². The van der Waals surface area contributed by atoms with E-state index in [1.807, 2.05) is 6.07 Å². The molecule has 96 valence electrons. The summed E-state index contributed by atoms with van der Waals surface area (Å²) in [6.45, 7) is 4.49. The van der Waals surface area contributed by atoms with Crippen molar-refractivity contribution in [3.05, 3.63) is 30.3 Å². The summed E-state index contributed by atoms with van der Waals surface area (Å²) in [6.07, 6.45) is 5.97. The number of rotatable bonds is 5. The molecule has 1 rings (SSSR count). The number of carbonyl (C=O) groups is 1. The summed E-state index contributed by atoms with van der Waals surface area (Å²) in [4.78, 5) is 10.1. The van der Waals surface area contributed by atoms with Crippen molar-refractivity contribution in [3.8, 4) is 0 Å². The van der Waals surface area contributed by atoms with Gasteiger partial charge in [-0.25, -0.2) is 4.79 Å². The molecule has 0 unspecified atom stereocenters. The SMILES string of the molecule is CCCCCCC.O=C(O)Nc1ccccc1. The van der Waals surface area contributed by atoms with Crippen LogP contribution in [0.15, 0.2) is 30.3 Å². The molecule has 1 aromatic carbocycles. The highest BCUT2D eigenvalue weighted by atomic mass is 16.4. The Morgan fingerprint density at radius 3 is 2.00 bits per heavy atom. The van der Waals surface area contributed by atoms with Crippen molar-refractivity contribution < 1.29 is 9.90 Å². The van der Waals surface area contributed by atoms with Crippen LogP contribution < -0.4 is 5.32 Å². The number of para-hydroxylation sites is 1. The Labute approximate surface area is 104 Å². The summed E-state index contributed by atoms with van der Waals surface area (Å²) in [7, 11) is 0. The third-order valence-electron chi connectivity index (χ3n) is 2.23. The lowest BCUT2D eigenvalue weighted by molar-refractivity contribution is 0.210. The molecule has 0 heterocycles. The molecule has 2 N–H and O–H groups in total. The highest BCUT2D eigenvalue weighted by molar-refractivity contribution is 5.82. The number of unbranched alkanes of at least 4 members (excludes halogenated alkanes) is 4. The molecule has 0 saturated carbocycles. The molecule has 0 bridgehead atoms. The number of nitrogens with one attached hydrogen (secondary N) is 1. The molecule has 0 atom stereocenters. The van der Waals surface area contributed by atoms with Crippen LogP contribution >= 0.6 is 0 Å². The zero-order valence-corrected chi connectivity index (χ0v) is 10.8. The second-order valence-corrected chi connectivity index (χ2v) is 3.86. The van der Waals surface area contributed by atoms with Gasteiger partial charge in [-0.05, 0) is 12.1 Å². The Morgan fingerprint density at radius 1 is 1.06 bits per heavy atom. The lowest BCUT2D eigenvalue weighted by Gasteiger charge is -1.96. The summed E-state index contributed by atoms with van der Waals surface area (Å²) in [6, 6.07) is 8.74. The smallest absolute Gasteiger partial charge is 0.409 e. The van der Waals surface area contributed by atoms with Gasteiger partial charge >= 0.3 is 6.09 Å². The quantitative estimate of drug-likeness (QED) is 0.726. The van der Waals surface area contributed by atoms with Crippen molar-refractivity contribution in [1.29, 1.82) is 0 Å². The number of amides is 1. The first-order valence-corrected chi connectivity index (χ1v) is 6.25. The van der Waals surface area contributed by atoms with E-state index in [0.717, 1.165) is 0 Å². The van der Waals surface area contributed by atoms with Crippen molar-refractivity contribution >= 4 is 11.8 Å². The average molecular weight is 237 g/mol. The van der Waals surface area contributed by atoms with Crippen molar-refractivity contribution in [3.63, 3.8) is 0 Å². The Kier molecular flexibility index (Phi) is 10.0. The Hall–Kier alpha value is -1.51. The predicted octanol–water partition coefficient (Wildman–Crippen LogP) is 4.75. The van der Waals surface area contributed by atoms with Gasteiger partial charge in [0.2, 0.25) is 0 Å². The molecule has 1 amide bonds. The second kappa shape index (κ2) is 11.0. The molecule has 0 spiro atoms. The molecular formula is C14H23NO2. The van der Waals surface area contributed by atoms with Crippen LogP contribution in [0.2, 0.25) is 0 Å². The molecule has 1 aromatic rings. The minimum atomic E-state index is -1.04. The molecule has 0 saturated heterocycles. The van der Waals surface area contributed by atoms with Gasteiger partial charge in [-0.2, -0.15) is 0 Å². The first kappa shape index (κ1) is 15.5. The van der Waals surface area contributed by atoms with Gasteiger partial charge in [-0.3, -0.25) is 5.32 Å². The van der Waals surface area contributed by atoms with E-state index in [4.69, 9.17) is 5.11 Å². The first-order chi connectivity index (χ1) is 8.20. The standard InChI is InChI=1S/C7H7NO2.C7H16/c9-7(10)8-6-4-2-1-3-5-6;1-3-5-7-6-4-2/h1-5,8H,(H,9,10);3-7H2,1-2H3. The van der Waals surface area contributed by atoms with Crippen molar-refractivity contribution in [1.82, 2.24) is 0 Å². The summed E-state index contributed by atoms with van der Waals surface area (Å²) in [5, 5.41) is 10.5. The summed E-state index contributed by atoms with van der Waals surface area (Å²) in [5.41, 5.74) is 0.593. The van der Waals surface area contributed by atoms with Crippen LogP contribution in [0.4, 0.5) is 10.5 Å². The minimum Gasteiger partial charge on any atom is -0.465 e. The number of hydrogen-bond donors (Lipinski definition) is 2. The molecule has 0 aliphatic rings. The van der Waals surface area contributed by atoms with Crippen molar-refractivity contribution in [2.24, 2.45) is 0 Å². The van der Waals surface area contributed by atoms with Crippen LogP contribution in [0.5, 0.6) is 0 Å². The van der Waals surface area contributed by atoms with E-state index in [-0.39, 0.29) is 0 Å². The van der Waals surface area contributed by atoms with Gasteiger partial charge in [-0.1, -0.05) is 64.2 Å². The molecule has 17 heavy (non-hydrogen) atoms. The molecule has 0 aliphatic carbocycles. The average Bonchev–Trinajstić information content (AvgIpc) is 2.31. The Morgan fingerprint density at radius 2 is 1.59 bits per heavy atom. The van der Waals surface area contributed by atoms with E-state index in [1.165, 1.54) is 32.1 Å². The fourth-order valence-corrected chi connectivity index (χ4v) is 1.32. The Balaban J connectivity index is 0.000000325. The van der Waals surface area contributed by atoms with E-state index >= 15 is 0 Å². The monoisotopic (exact) mass is 237 g/mol. The van der Waals surface area contributed by atoms with Gasteiger partial charge < -0.3 is 5.11 Å². The van der Waals surface area contributed by atoms with Crippen molar-refractivity contribution in [2.75, 3.05) is 5.32 Å². The van der Waals surface area contributed by atoms with E-state index in [2.05, 4.69) is 19.2 Å². The molecule has 3 heteroatoms. The maximum absolute atomic E-state index is 10.1. The maximum Gasteiger partial charge on any atom is 0.409 e. The van der Waals surface area contributed by atoms with E-state index in [9.17, 15) is 4.79 Å². The highest BCUT2D eigenvalue weighted by Gasteiger charge is 1.93. The number of anilines is 1. The largest absolute Gasteiger partial charge is 0.465 e. The van der Waals surface area contributed by atoms with Crippen LogP contribution in [-0.4, -0.2) is 11.2 Å². The fraction of sp³-hybridized carbons (Fsp3) is 0.500. The normalized spacial score (nSPS) is 9.06. The van der Waals surface area contributed by atoms with Crippen molar-refractivity contribution in [2.45, 2.75) is 46.0 Å². The number of benzene rings is 1. The maximum atomic E-state index is 10.1. The molecule has 3 nitrogen and oxygen atoms in total. The first-order valence-electron chi connectivity index (χ1n) is 6.25. The summed E-state index contributed by atoms with van der Waals surface area (Å²) < 4.78 is 0. The zero-order valence-electron chi connectivity index (χ0n) is 10.8. The van der Waals surface area contributed by atoms with Gasteiger partial charge in [0.25, 0.3) is 0 Å². The number of carboxylic acid groups (broad SMARTS) is 1. The van der Waals surface area contributed by atoms with E-state index < -0.39 is 6.09 Å². The zero-order chi connectivity index (χ0) is 12.9. The molecule has 0 aromatic heterocycles. The summed E-state index contributed by atoms with van der Waals surface area (Å²) in [5.74, 6) is 0. The fourth-order valence-electron chi connectivity index (χ4n) is 1.32. The van der Waals surface area contributed by atoms with Crippen LogP contribution in [0.25, 0.3) is 0 Å². The third kappa shape index (κ3) is 10.8. The molecule has 0 fully saturated rings. The van der Waals surface area contributed by atoms with Gasteiger partial charge in [-0.15, -0.1) is 0 Å². The Bertz CT molecular complexity index is 282. The van der Waals surface area contributed by atoms with Crippen LogP contribution in [0.3, 0.4) is 0 Å². The molecular weight excluding hydrogens is 214 g/mol. The topological polar surface area (TPSA) is 49.3 Å². The molecule has 0 aliphatic heterocycles. The molecule has 0 radical (unpaired) electrons. The number of hydrogen-bond acceptors (Lipinski definition) is 1. The third-order valence-corrected chi connectivity index (χ3v) is 2.23. The lowest BCUT2D eigenvalue weighted by atomic mass is 10.2. The van der Waals surface area contributed by atoms with Gasteiger partial charge in [0.15, 0.2) is 0 Å².